The summed E-state index contributed by atoms with van der Waals surface area (Å²) in [7, 11) is 0. The molecule has 4 nitrogen and oxygen atoms in total. The number of aryl methyl sites for hydroxylation is 1. The molecule has 0 aliphatic heterocycles. The van der Waals surface area contributed by atoms with Crippen LogP contribution in [0.3, 0.4) is 0 Å². The highest BCUT2D eigenvalue weighted by Gasteiger charge is 2.13. The second-order valence-electron chi connectivity index (χ2n) is 4.34. The third kappa shape index (κ3) is 3.79. The van der Waals surface area contributed by atoms with Gasteiger partial charge in [0.2, 0.25) is 5.16 Å². The number of thioether (sulfide) groups is 1. The first-order valence-electron chi connectivity index (χ1n) is 6.10. The molecule has 0 atom stereocenters. The number of rotatable bonds is 6. The van der Waals surface area contributed by atoms with Crippen molar-refractivity contribution in [1.82, 2.24) is 20.5 Å². The van der Waals surface area contributed by atoms with Crippen LogP contribution in [0.2, 0.25) is 0 Å². The summed E-state index contributed by atoms with van der Waals surface area (Å²) in [6.45, 7) is 3.06. The summed E-state index contributed by atoms with van der Waals surface area (Å²) < 4.78 is 0. The largest absolute Gasteiger partial charge is 0.314 e. The fourth-order valence-corrected chi connectivity index (χ4v) is 2.84. The Balaban J connectivity index is 1.51. The van der Waals surface area contributed by atoms with Gasteiger partial charge in [-0.25, -0.2) is 4.98 Å². The van der Waals surface area contributed by atoms with Gasteiger partial charge in [0.15, 0.2) is 0 Å². The second-order valence-corrected chi connectivity index (χ2v) is 5.40. The minimum absolute atomic E-state index is 0.788. The topological polar surface area (TPSA) is 53.6 Å². The third-order valence-corrected chi connectivity index (χ3v) is 3.85. The van der Waals surface area contributed by atoms with Crippen molar-refractivity contribution in [3.8, 4) is 0 Å². The van der Waals surface area contributed by atoms with Crippen molar-refractivity contribution in [3.05, 3.63) is 5.82 Å². The summed E-state index contributed by atoms with van der Waals surface area (Å²) in [5, 5.41) is 11.4. The van der Waals surface area contributed by atoms with Crippen molar-refractivity contribution in [2.24, 2.45) is 0 Å². The van der Waals surface area contributed by atoms with E-state index in [4.69, 9.17) is 0 Å². The maximum absolute atomic E-state index is 4.26. The molecule has 16 heavy (non-hydrogen) atoms. The summed E-state index contributed by atoms with van der Waals surface area (Å²) in [4.78, 5) is 4.26. The highest BCUT2D eigenvalue weighted by atomic mass is 32.2. The Morgan fingerprint density at radius 2 is 2.25 bits per heavy atom. The fourth-order valence-electron chi connectivity index (χ4n) is 2.06. The molecule has 1 saturated carbocycles. The van der Waals surface area contributed by atoms with Crippen LogP contribution in [0.1, 0.15) is 37.9 Å². The fraction of sp³-hybridized carbons (Fsp3) is 0.818. The number of nitrogens with one attached hydrogen (secondary N) is 2. The molecule has 1 aromatic rings. The van der Waals surface area contributed by atoms with E-state index < -0.39 is 0 Å². The van der Waals surface area contributed by atoms with Gasteiger partial charge in [0.05, 0.1) is 0 Å². The van der Waals surface area contributed by atoms with Crippen LogP contribution in [-0.4, -0.2) is 33.5 Å². The minimum atomic E-state index is 0.788. The van der Waals surface area contributed by atoms with Gasteiger partial charge in [0.25, 0.3) is 0 Å². The van der Waals surface area contributed by atoms with Crippen LogP contribution in [-0.2, 0) is 0 Å². The predicted octanol–water partition coefficient (Wildman–Crippen LogP) is 2.13. The van der Waals surface area contributed by atoms with Crippen LogP contribution in [0.15, 0.2) is 5.16 Å². The maximum atomic E-state index is 4.26. The molecule has 1 aliphatic carbocycles. The molecule has 1 fully saturated rings. The van der Waals surface area contributed by atoms with Gasteiger partial charge in [-0.1, -0.05) is 24.6 Å². The Morgan fingerprint density at radius 1 is 1.44 bits per heavy atom. The van der Waals surface area contributed by atoms with E-state index in [1.807, 2.05) is 6.92 Å². The quantitative estimate of drug-likeness (QED) is 0.591. The number of aromatic nitrogens is 3. The molecular formula is C11H20N4S. The van der Waals surface area contributed by atoms with E-state index in [0.29, 0.717) is 0 Å². The van der Waals surface area contributed by atoms with E-state index in [1.165, 1.54) is 32.1 Å². The molecule has 0 spiro atoms. The van der Waals surface area contributed by atoms with Gasteiger partial charge < -0.3 is 5.32 Å². The average Bonchev–Trinajstić information content (AvgIpc) is 2.89. The molecule has 0 bridgehead atoms. The summed E-state index contributed by atoms with van der Waals surface area (Å²) in [5.41, 5.74) is 0. The van der Waals surface area contributed by atoms with Gasteiger partial charge >= 0.3 is 0 Å². The highest BCUT2D eigenvalue weighted by Crippen LogP contribution is 2.18. The third-order valence-electron chi connectivity index (χ3n) is 2.92. The monoisotopic (exact) mass is 240 g/mol. The summed E-state index contributed by atoms with van der Waals surface area (Å²) >= 11 is 1.73. The molecule has 90 valence electrons. The highest BCUT2D eigenvalue weighted by molar-refractivity contribution is 7.99. The van der Waals surface area contributed by atoms with Crippen molar-refractivity contribution < 1.29 is 0 Å². The van der Waals surface area contributed by atoms with Crippen molar-refractivity contribution in [2.75, 3.05) is 12.3 Å². The van der Waals surface area contributed by atoms with Crippen LogP contribution < -0.4 is 5.32 Å². The van der Waals surface area contributed by atoms with Crippen molar-refractivity contribution in [2.45, 2.75) is 50.2 Å². The average molecular weight is 240 g/mol. The van der Waals surface area contributed by atoms with E-state index in [2.05, 4.69) is 20.5 Å². The van der Waals surface area contributed by atoms with Gasteiger partial charge in [-0.3, -0.25) is 5.10 Å². The molecule has 2 rings (SSSR count). The molecule has 2 N–H and O–H groups in total. The molecular weight excluding hydrogens is 220 g/mol. The molecule has 0 radical (unpaired) electrons. The minimum Gasteiger partial charge on any atom is -0.314 e. The Labute approximate surface area is 101 Å². The van der Waals surface area contributed by atoms with E-state index in [-0.39, 0.29) is 0 Å². The first-order chi connectivity index (χ1) is 7.84. The maximum Gasteiger partial charge on any atom is 0.208 e. The molecule has 0 amide bonds. The summed E-state index contributed by atoms with van der Waals surface area (Å²) in [5.74, 6) is 1.99. The summed E-state index contributed by atoms with van der Waals surface area (Å²) in [6, 6.07) is 0.788. The van der Waals surface area contributed by atoms with Gasteiger partial charge in [0.1, 0.15) is 5.82 Å². The van der Waals surface area contributed by atoms with Crippen LogP contribution >= 0.6 is 11.8 Å². The van der Waals surface area contributed by atoms with E-state index in [1.54, 1.807) is 11.8 Å². The predicted molar refractivity (Wildman–Crippen MR) is 66.7 cm³/mol. The van der Waals surface area contributed by atoms with Crippen molar-refractivity contribution in [1.29, 1.82) is 0 Å². The number of hydrogen-bond acceptors (Lipinski definition) is 4. The van der Waals surface area contributed by atoms with E-state index in [0.717, 1.165) is 29.3 Å². The Bertz CT molecular complexity index is 307. The molecule has 0 saturated heterocycles. The SMILES string of the molecule is Cc1nc(SCCCNC2CCCC2)n[nH]1. The van der Waals surface area contributed by atoms with Gasteiger partial charge in [0, 0.05) is 11.8 Å². The lowest BCUT2D eigenvalue weighted by Crippen LogP contribution is -2.27. The van der Waals surface area contributed by atoms with Crippen molar-refractivity contribution >= 4 is 11.8 Å². The van der Waals surface area contributed by atoms with Crippen LogP contribution in [0.4, 0.5) is 0 Å². The Morgan fingerprint density at radius 3 is 2.94 bits per heavy atom. The zero-order valence-corrected chi connectivity index (χ0v) is 10.6. The Hall–Kier alpha value is -0.550. The second kappa shape index (κ2) is 6.25. The normalized spacial score (nSPS) is 17.1. The molecule has 0 unspecified atom stereocenters. The molecule has 1 aliphatic rings. The van der Waals surface area contributed by atoms with E-state index in [9.17, 15) is 0 Å². The lowest BCUT2D eigenvalue weighted by molar-refractivity contribution is 0.524. The smallest absolute Gasteiger partial charge is 0.208 e. The lowest BCUT2D eigenvalue weighted by Gasteiger charge is -2.10. The number of H-pyrrole nitrogens is 1. The van der Waals surface area contributed by atoms with Crippen molar-refractivity contribution in [3.63, 3.8) is 0 Å². The van der Waals surface area contributed by atoms with Gasteiger partial charge in [-0.15, -0.1) is 5.10 Å². The standard InChI is InChI=1S/C11H20N4S/c1-9-13-11(15-14-9)16-8-4-7-12-10-5-2-3-6-10/h10,12H,2-8H2,1H3,(H,13,14,15). The number of nitrogens with zero attached hydrogens (tertiary/aromatic N) is 2. The first kappa shape index (κ1) is 11.9. The molecule has 5 heteroatoms. The van der Waals surface area contributed by atoms with Crippen LogP contribution in [0.25, 0.3) is 0 Å². The number of hydrogen-bond donors (Lipinski definition) is 2. The van der Waals surface area contributed by atoms with Gasteiger partial charge in [-0.2, -0.15) is 0 Å². The zero-order valence-electron chi connectivity index (χ0n) is 9.83. The molecule has 0 aromatic carbocycles. The summed E-state index contributed by atoms with van der Waals surface area (Å²) in [6.07, 6.45) is 6.74. The zero-order chi connectivity index (χ0) is 11.2. The number of aromatic amines is 1. The van der Waals surface area contributed by atoms with Crippen LogP contribution in [0, 0.1) is 6.92 Å². The molecule has 1 aromatic heterocycles. The van der Waals surface area contributed by atoms with E-state index >= 15 is 0 Å². The Kier molecular flexibility index (Phi) is 4.66. The first-order valence-corrected chi connectivity index (χ1v) is 7.08. The lowest BCUT2D eigenvalue weighted by atomic mass is 10.2. The molecule has 1 heterocycles. The van der Waals surface area contributed by atoms with Gasteiger partial charge in [-0.05, 0) is 32.7 Å². The van der Waals surface area contributed by atoms with Crippen LogP contribution in [0.5, 0.6) is 0 Å².